The lowest BCUT2D eigenvalue weighted by Crippen LogP contribution is -2.27. The van der Waals surface area contributed by atoms with Gasteiger partial charge in [-0.2, -0.15) is 0 Å². The van der Waals surface area contributed by atoms with Crippen LogP contribution in [0.4, 0.5) is 0 Å². The molecule has 4 unspecified atom stereocenters. The second-order valence-corrected chi connectivity index (χ2v) is 11.7. The van der Waals surface area contributed by atoms with Gasteiger partial charge in [-0.3, -0.25) is 4.79 Å². The van der Waals surface area contributed by atoms with E-state index in [2.05, 4.69) is 20.8 Å². The van der Waals surface area contributed by atoms with E-state index in [0.29, 0.717) is 32.3 Å². The molecule has 0 aliphatic rings. The van der Waals surface area contributed by atoms with Crippen LogP contribution in [0.3, 0.4) is 0 Å². The maximum Gasteiger partial charge on any atom is 0.303 e. The predicted octanol–water partition coefficient (Wildman–Crippen LogP) is 9.12. The smallest absolute Gasteiger partial charge is 0.303 e. The Morgan fingerprint density at radius 2 is 0.846 bits per heavy atom. The number of unbranched alkanes of at least 4 members (excludes halogenated alkanes) is 15. The van der Waals surface area contributed by atoms with E-state index in [1.54, 1.807) is 0 Å². The van der Waals surface area contributed by atoms with Crippen LogP contribution in [0.5, 0.6) is 0 Å². The van der Waals surface area contributed by atoms with E-state index in [4.69, 9.17) is 24.1 Å². The number of carboxylic acids is 1. The number of rotatable bonds is 31. The highest BCUT2D eigenvalue weighted by Gasteiger charge is 2.11. The molecular weight excluding hydrogens is 492 g/mol. The van der Waals surface area contributed by atoms with Crippen LogP contribution in [-0.2, 0) is 23.7 Å². The third kappa shape index (κ3) is 30.1. The molecule has 0 amide bonds. The molecule has 0 aliphatic heterocycles. The number of aliphatic carboxylic acids is 1. The van der Waals surface area contributed by atoms with Crippen LogP contribution < -0.4 is 0 Å². The number of carboxylic acid groups (broad SMARTS) is 1. The summed E-state index contributed by atoms with van der Waals surface area (Å²) >= 11 is 0. The summed E-state index contributed by atoms with van der Waals surface area (Å²) in [6.45, 7) is 13.1. The van der Waals surface area contributed by atoms with Crippen LogP contribution in [-0.4, -0.2) is 61.9 Å². The van der Waals surface area contributed by atoms with Gasteiger partial charge < -0.3 is 24.1 Å². The van der Waals surface area contributed by atoms with E-state index in [1.807, 2.05) is 13.8 Å². The first-order valence-corrected chi connectivity index (χ1v) is 16.5. The quantitative estimate of drug-likeness (QED) is 0.0855. The minimum atomic E-state index is -0.662. The van der Waals surface area contributed by atoms with Gasteiger partial charge in [0.25, 0.3) is 0 Å². The van der Waals surface area contributed by atoms with Crippen molar-refractivity contribution in [3.05, 3.63) is 0 Å². The molecule has 0 fully saturated rings. The van der Waals surface area contributed by atoms with Gasteiger partial charge in [-0.15, -0.1) is 0 Å². The first-order chi connectivity index (χ1) is 18.8. The minimum Gasteiger partial charge on any atom is -0.481 e. The number of hydrogen-bond donors (Lipinski definition) is 1. The van der Waals surface area contributed by atoms with Gasteiger partial charge in [-0.25, -0.2) is 0 Å². The molecule has 0 aliphatic carbocycles. The van der Waals surface area contributed by atoms with Crippen LogP contribution in [0.2, 0.25) is 0 Å². The fraction of sp³-hybridized carbons (Fsp3) is 0.970. The van der Waals surface area contributed by atoms with Crippen LogP contribution in [0, 0.1) is 0 Å². The largest absolute Gasteiger partial charge is 0.481 e. The molecule has 234 valence electrons. The van der Waals surface area contributed by atoms with Crippen molar-refractivity contribution in [1.82, 2.24) is 0 Å². The van der Waals surface area contributed by atoms with Crippen molar-refractivity contribution < 1.29 is 28.8 Å². The number of carbonyl (C=O) groups is 1. The summed E-state index contributed by atoms with van der Waals surface area (Å²) in [6.07, 6.45) is 23.6. The summed E-state index contributed by atoms with van der Waals surface area (Å²) < 4.78 is 23.4. The lowest BCUT2D eigenvalue weighted by molar-refractivity contribution is -0.137. The zero-order chi connectivity index (χ0) is 29.0. The average molecular weight is 559 g/mol. The van der Waals surface area contributed by atoms with Gasteiger partial charge in [-0.05, 0) is 47.0 Å². The highest BCUT2D eigenvalue weighted by Crippen LogP contribution is 2.15. The van der Waals surface area contributed by atoms with Crippen molar-refractivity contribution in [2.24, 2.45) is 0 Å². The van der Waals surface area contributed by atoms with Gasteiger partial charge in [-0.1, -0.05) is 103 Å². The average Bonchev–Trinajstić information content (AvgIpc) is 2.91. The number of ether oxygens (including phenoxy) is 4. The van der Waals surface area contributed by atoms with Crippen molar-refractivity contribution >= 4 is 5.97 Å². The highest BCUT2D eigenvalue weighted by molar-refractivity contribution is 5.66. The topological polar surface area (TPSA) is 74.2 Å². The van der Waals surface area contributed by atoms with Crippen LogP contribution in [0.25, 0.3) is 0 Å². The molecule has 39 heavy (non-hydrogen) atoms. The molecule has 6 nitrogen and oxygen atoms in total. The van der Waals surface area contributed by atoms with E-state index in [9.17, 15) is 4.79 Å². The first kappa shape index (κ1) is 38.3. The summed E-state index contributed by atoms with van der Waals surface area (Å²) in [7, 11) is 0. The van der Waals surface area contributed by atoms with Gasteiger partial charge in [0, 0.05) is 13.0 Å². The Morgan fingerprint density at radius 3 is 1.23 bits per heavy atom. The molecule has 0 saturated heterocycles. The van der Waals surface area contributed by atoms with Crippen LogP contribution in [0.1, 0.15) is 157 Å². The third-order valence-electron chi connectivity index (χ3n) is 7.20. The predicted molar refractivity (Wildman–Crippen MR) is 163 cm³/mol. The lowest BCUT2D eigenvalue weighted by Gasteiger charge is -2.21. The Hall–Kier alpha value is -0.690. The van der Waals surface area contributed by atoms with Gasteiger partial charge in [0.1, 0.15) is 0 Å². The molecule has 6 heteroatoms. The summed E-state index contributed by atoms with van der Waals surface area (Å²) in [5, 5.41) is 8.63. The Morgan fingerprint density at radius 1 is 0.513 bits per heavy atom. The fourth-order valence-corrected chi connectivity index (χ4v) is 4.63. The van der Waals surface area contributed by atoms with Crippen molar-refractivity contribution in [3.63, 3.8) is 0 Å². The normalized spacial score (nSPS) is 14.8. The second-order valence-electron chi connectivity index (χ2n) is 11.7. The molecular formula is C33H66O6. The van der Waals surface area contributed by atoms with E-state index >= 15 is 0 Å². The summed E-state index contributed by atoms with van der Waals surface area (Å²) in [6, 6.07) is 0. The van der Waals surface area contributed by atoms with Crippen LogP contribution >= 0.6 is 0 Å². The van der Waals surface area contributed by atoms with Crippen molar-refractivity contribution in [2.75, 3.05) is 26.4 Å². The summed E-state index contributed by atoms with van der Waals surface area (Å²) in [5.74, 6) is -0.662. The minimum absolute atomic E-state index is 0.0580. The van der Waals surface area contributed by atoms with Gasteiger partial charge >= 0.3 is 5.97 Å². The Balaban J connectivity index is 3.38. The fourth-order valence-electron chi connectivity index (χ4n) is 4.63. The lowest BCUT2D eigenvalue weighted by atomic mass is 10.0. The van der Waals surface area contributed by atoms with Gasteiger partial charge in [0.05, 0.1) is 44.2 Å². The van der Waals surface area contributed by atoms with Gasteiger partial charge in [0.15, 0.2) is 0 Å². The molecule has 0 saturated carbocycles. The SMILES string of the molecule is CCCOC(C)COC(C)COC(C)COC(C)CCCCCCCCCCCCCCCCCCC(=O)O. The van der Waals surface area contributed by atoms with Crippen molar-refractivity contribution in [1.29, 1.82) is 0 Å². The molecule has 0 aromatic rings. The maximum absolute atomic E-state index is 10.5. The highest BCUT2D eigenvalue weighted by atomic mass is 16.6. The Labute approximate surface area is 242 Å². The van der Waals surface area contributed by atoms with E-state index in [0.717, 1.165) is 32.3 Å². The molecule has 0 aromatic carbocycles. The van der Waals surface area contributed by atoms with E-state index < -0.39 is 5.97 Å². The molecule has 0 heterocycles. The zero-order valence-corrected chi connectivity index (χ0v) is 26.6. The molecule has 0 aromatic heterocycles. The van der Waals surface area contributed by atoms with Crippen molar-refractivity contribution in [2.45, 2.75) is 181 Å². The second kappa shape index (κ2) is 28.8. The molecule has 1 N–H and O–H groups in total. The molecule has 0 rings (SSSR count). The van der Waals surface area contributed by atoms with Crippen molar-refractivity contribution in [3.8, 4) is 0 Å². The molecule has 0 bridgehead atoms. The monoisotopic (exact) mass is 558 g/mol. The van der Waals surface area contributed by atoms with E-state index in [-0.39, 0.29) is 18.3 Å². The molecule has 0 spiro atoms. The summed E-state index contributed by atoms with van der Waals surface area (Å²) in [5.41, 5.74) is 0. The molecule has 0 radical (unpaired) electrons. The van der Waals surface area contributed by atoms with Gasteiger partial charge in [0.2, 0.25) is 0 Å². The Kier molecular flexibility index (Phi) is 28.3. The first-order valence-electron chi connectivity index (χ1n) is 16.5. The van der Waals surface area contributed by atoms with Crippen LogP contribution in [0.15, 0.2) is 0 Å². The Bertz CT molecular complexity index is 514. The molecule has 4 atom stereocenters. The zero-order valence-electron chi connectivity index (χ0n) is 26.6. The number of hydrogen-bond acceptors (Lipinski definition) is 5. The maximum atomic E-state index is 10.5. The standard InChI is InChI=1S/C33H66O6/c1-6-25-36-30(3)26-38-32(5)28-39-31(4)27-37-29(2)23-21-19-17-15-13-11-9-7-8-10-12-14-16-18-20-22-24-33(34)35/h29-32H,6-28H2,1-5H3,(H,34,35). The van der Waals surface area contributed by atoms with E-state index in [1.165, 1.54) is 89.9 Å². The summed E-state index contributed by atoms with van der Waals surface area (Å²) in [4.78, 5) is 10.5. The third-order valence-corrected chi connectivity index (χ3v) is 7.20.